The molecule has 6 nitrogen and oxygen atoms in total. The fourth-order valence-corrected chi connectivity index (χ4v) is 3.21. The van der Waals surface area contributed by atoms with Gasteiger partial charge in [0.05, 0.1) is 11.0 Å². The van der Waals surface area contributed by atoms with E-state index in [1.807, 2.05) is 31.2 Å². The average molecular weight is 323 g/mol. The molecule has 0 aliphatic carbocycles. The van der Waals surface area contributed by atoms with Crippen LogP contribution in [-0.2, 0) is 0 Å². The van der Waals surface area contributed by atoms with Crippen LogP contribution in [0.5, 0.6) is 0 Å². The lowest BCUT2D eigenvalue weighted by molar-refractivity contribution is -0.384. The molecule has 0 bridgehead atoms. The van der Waals surface area contributed by atoms with Crippen molar-refractivity contribution in [1.29, 1.82) is 5.26 Å². The number of anilines is 1. The molecule has 3 atom stereocenters. The molecule has 24 heavy (non-hydrogen) atoms. The maximum absolute atomic E-state index is 10.8. The Hall–Kier alpha value is -2.91. The zero-order valence-electron chi connectivity index (χ0n) is 13.2. The summed E-state index contributed by atoms with van der Waals surface area (Å²) in [6, 6.07) is 15.6. The lowest BCUT2D eigenvalue weighted by atomic mass is 9.92. The largest absolute Gasteiger partial charge is 0.374 e. The van der Waals surface area contributed by atoms with Crippen LogP contribution < -0.4 is 4.90 Å². The molecule has 0 aromatic heterocycles. The second-order valence-corrected chi connectivity index (χ2v) is 5.99. The quantitative estimate of drug-likeness (QED) is 0.692. The Kier molecular flexibility index (Phi) is 4.19. The van der Waals surface area contributed by atoms with Gasteiger partial charge in [-0.2, -0.15) is 5.26 Å². The van der Waals surface area contributed by atoms with Crippen molar-refractivity contribution in [3.63, 3.8) is 0 Å². The first-order valence-corrected chi connectivity index (χ1v) is 7.68. The molecule has 2 aromatic rings. The molecule has 1 aliphatic heterocycles. The fraction of sp³-hybridized carbons (Fsp3) is 0.278. The summed E-state index contributed by atoms with van der Waals surface area (Å²) >= 11 is 0. The summed E-state index contributed by atoms with van der Waals surface area (Å²) in [5.74, 6) is -0.202. The summed E-state index contributed by atoms with van der Waals surface area (Å²) in [6.45, 7) is 1.98. The summed E-state index contributed by atoms with van der Waals surface area (Å²) in [7, 11) is 0. The highest BCUT2D eigenvalue weighted by Gasteiger charge is 2.41. The number of nitrogens with zero attached hydrogens (tertiary/aromatic N) is 3. The maximum atomic E-state index is 10.8. The monoisotopic (exact) mass is 323 g/mol. The zero-order chi connectivity index (χ0) is 17.3. The number of nitriles is 1. The first-order chi connectivity index (χ1) is 11.5. The molecule has 0 saturated carbocycles. The third-order valence-corrected chi connectivity index (χ3v) is 4.46. The van der Waals surface area contributed by atoms with Crippen molar-refractivity contribution in [2.75, 3.05) is 4.90 Å². The third kappa shape index (κ3) is 2.82. The SMILES string of the molecule is Cc1ccc(N2C(O)CC(c3ccc([N+](=O)[O-])cc3)C2C#N)cc1. The summed E-state index contributed by atoms with van der Waals surface area (Å²) < 4.78 is 0. The highest BCUT2D eigenvalue weighted by atomic mass is 16.6. The number of aliphatic hydroxyl groups excluding tert-OH is 1. The minimum Gasteiger partial charge on any atom is -0.374 e. The number of aliphatic hydroxyl groups is 1. The van der Waals surface area contributed by atoms with Crippen LogP contribution in [0.3, 0.4) is 0 Å². The summed E-state index contributed by atoms with van der Waals surface area (Å²) in [6.07, 6.45) is -0.359. The van der Waals surface area contributed by atoms with Crippen LogP contribution in [0, 0.1) is 28.4 Å². The molecule has 1 N–H and O–H groups in total. The van der Waals surface area contributed by atoms with Gasteiger partial charge in [0.15, 0.2) is 0 Å². The molecule has 1 heterocycles. The van der Waals surface area contributed by atoms with Crippen LogP contribution in [0.1, 0.15) is 23.5 Å². The lowest BCUT2D eigenvalue weighted by Crippen LogP contribution is -2.36. The van der Waals surface area contributed by atoms with E-state index in [1.54, 1.807) is 17.0 Å². The zero-order valence-corrected chi connectivity index (χ0v) is 13.2. The molecule has 1 fully saturated rings. The first kappa shape index (κ1) is 16.0. The van der Waals surface area contributed by atoms with Crippen LogP contribution in [0.15, 0.2) is 48.5 Å². The number of non-ortho nitro benzene ring substituents is 1. The predicted octanol–water partition coefficient (Wildman–Crippen LogP) is 3.11. The molecule has 2 aromatic carbocycles. The number of aryl methyl sites for hydroxylation is 1. The molecule has 0 radical (unpaired) electrons. The molecule has 1 saturated heterocycles. The van der Waals surface area contributed by atoms with Crippen molar-refractivity contribution < 1.29 is 10.0 Å². The number of rotatable bonds is 3. The highest BCUT2D eigenvalue weighted by Crippen LogP contribution is 2.39. The van der Waals surface area contributed by atoms with Gasteiger partial charge in [-0.15, -0.1) is 0 Å². The lowest BCUT2D eigenvalue weighted by Gasteiger charge is -2.27. The Morgan fingerprint density at radius 3 is 2.38 bits per heavy atom. The van der Waals surface area contributed by atoms with Crippen molar-refractivity contribution in [2.45, 2.75) is 31.5 Å². The van der Waals surface area contributed by atoms with E-state index in [4.69, 9.17) is 0 Å². The van der Waals surface area contributed by atoms with E-state index < -0.39 is 17.2 Å². The van der Waals surface area contributed by atoms with Crippen molar-refractivity contribution in [3.05, 3.63) is 69.8 Å². The van der Waals surface area contributed by atoms with Crippen molar-refractivity contribution in [2.24, 2.45) is 0 Å². The first-order valence-electron chi connectivity index (χ1n) is 7.68. The van der Waals surface area contributed by atoms with Crippen LogP contribution in [0.2, 0.25) is 0 Å². The van der Waals surface area contributed by atoms with Gasteiger partial charge in [0.2, 0.25) is 0 Å². The van der Waals surface area contributed by atoms with Crippen LogP contribution in [-0.4, -0.2) is 22.3 Å². The molecule has 3 rings (SSSR count). The summed E-state index contributed by atoms with van der Waals surface area (Å²) in [5.41, 5.74) is 2.74. The maximum Gasteiger partial charge on any atom is 0.269 e. The van der Waals surface area contributed by atoms with Gasteiger partial charge >= 0.3 is 0 Å². The Morgan fingerprint density at radius 1 is 1.21 bits per heavy atom. The smallest absolute Gasteiger partial charge is 0.269 e. The second-order valence-electron chi connectivity index (χ2n) is 5.99. The third-order valence-electron chi connectivity index (χ3n) is 4.46. The van der Waals surface area contributed by atoms with Gasteiger partial charge in [-0.3, -0.25) is 10.1 Å². The standard InChI is InChI=1S/C18H17N3O3/c1-12-2-6-14(7-3-12)20-17(11-19)16(10-18(20)22)13-4-8-15(9-5-13)21(23)24/h2-9,16-18,22H,10H2,1H3. The summed E-state index contributed by atoms with van der Waals surface area (Å²) in [4.78, 5) is 12.0. The highest BCUT2D eigenvalue weighted by molar-refractivity contribution is 5.54. The van der Waals surface area contributed by atoms with Gasteiger partial charge in [0, 0.05) is 30.2 Å². The number of hydrogen-bond acceptors (Lipinski definition) is 5. The molecule has 0 spiro atoms. The molecule has 3 unspecified atom stereocenters. The van der Waals surface area contributed by atoms with Crippen LogP contribution in [0.4, 0.5) is 11.4 Å². The normalized spacial score (nSPS) is 23.0. The van der Waals surface area contributed by atoms with E-state index >= 15 is 0 Å². The van der Waals surface area contributed by atoms with E-state index in [0.717, 1.165) is 16.8 Å². The Bertz CT molecular complexity index is 781. The topological polar surface area (TPSA) is 90.4 Å². The minimum absolute atomic E-state index is 0.0150. The molecule has 0 amide bonds. The van der Waals surface area contributed by atoms with Crippen molar-refractivity contribution in [1.82, 2.24) is 0 Å². The van der Waals surface area contributed by atoms with Crippen molar-refractivity contribution in [3.8, 4) is 6.07 Å². The van der Waals surface area contributed by atoms with Gasteiger partial charge in [-0.1, -0.05) is 29.8 Å². The second kappa shape index (κ2) is 6.30. The molecular formula is C18H17N3O3. The molecule has 122 valence electrons. The average Bonchev–Trinajstić information content (AvgIpc) is 2.92. The van der Waals surface area contributed by atoms with E-state index in [2.05, 4.69) is 6.07 Å². The number of nitro benzene ring substituents is 1. The van der Waals surface area contributed by atoms with E-state index in [-0.39, 0.29) is 11.6 Å². The Morgan fingerprint density at radius 2 is 1.83 bits per heavy atom. The van der Waals surface area contributed by atoms with Crippen LogP contribution >= 0.6 is 0 Å². The van der Waals surface area contributed by atoms with Gasteiger partial charge < -0.3 is 10.0 Å². The molecule has 6 heteroatoms. The number of hydrogen-bond donors (Lipinski definition) is 1. The van der Waals surface area contributed by atoms with E-state index in [1.165, 1.54) is 12.1 Å². The Labute approximate surface area is 139 Å². The van der Waals surface area contributed by atoms with Crippen LogP contribution in [0.25, 0.3) is 0 Å². The minimum atomic E-state index is -0.766. The van der Waals surface area contributed by atoms with Crippen molar-refractivity contribution >= 4 is 11.4 Å². The van der Waals surface area contributed by atoms with Gasteiger partial charge in [0.25, 0.3) is 5.69 Å². The van der Waals surface area contributed by atoms with Gasteiger partial charge in [-0.05, 0) is 24.6 Å². The molecular weight excluding hydrogens is 306 g/mol. The molecule has 1 aliphatic rings. The van der Waals surface area contributed by atoms with E-state index in [0.29, 0.717) is 6.42 Å². The number of benzene rings is 2. The van der Waals surface area contributed by atoms with Gasteiger partial charge in [-0.25, -0.2) is 0 Å². The van der Waals surface area contributed by atoms with E-state index in [9.17, 15) is 20.5 Å². The van der Waals surface area contributed by atoms with Gasteiger partial charge in [0.1, 0.15) is 12.3 Å². The Balaban J connectivity index is 1.92. The summed E-state index contributed by atoms with van der Waals surface area (Å²) in [5, 5.41) is 30.9. The predicted molar refractivity (Wildman–Crippen MR) is 89.5 cm³/mol. The fourth-order valence-electron chi connectivity index (χ4n) is 3.21. The number of nitro groups is 1.